The number of carbonyl (C=O) groups is 2. The monoisotopic (exact) mass is 413 g/mol. The summed E-state index contributed by atoms with van der Waals surface area (Å²) in [6.07, 6.45) is 2.13. The molecule has 1 amide bonds. The van der Waals surface area contributed by atoms with Crippen molar-refractivity contribution < 1.29 is 14.3 Å². The van der Waals surface area contributed by atoms with Gasteiger partial charge in [0.15, 0.2) is 0 Å². The number of fused-ring (bicyclic) bond motifs is 1. The molecule has 0 atom stereocenters. The summed E-state index contributed by atoms with van der Waals surface area (Å²) < 4.78 is 6.30. The fourth-order valence-corrected chi connectivity index (χ4v) is 4.23. The number of para-hydroxylation sites is 1. The van der Waals surface area contributed by atoms with Crippen LogP contribution < -0.4 is 10.9 Å². The number of benzene rings is 1. The predicted molar refractivity (Wildman–Crippen MR) is 114 cm³/mol. The van der Waals surface area contributed by atoms with E-state index >= 15 is 0 Å². The van der Waals surface area contributed by atoms with E-state index in [1.807, 2.05) is 32.0 Å². The van der Waals surface area contributed by atoms with E-state index in [-0.39, 0.29) is 24.6 Å². The number of aryl methyl sites for hydroxylation is 3. The fraction of sp³-hybridized carbons (Fsp3) is 0.333. The zero-order valence-corrected chi connectivity index (χ0v) is 17.7. The van der Waals surface area contributed by atoms with Crippen molar-refractivity contribution in [3.05, 3.63) is 56.4 Å². The highest BCUT2D eigenvalue weighted by atomic mass is 32.1. The number of thiophene rings is 1. The summed E-state index contributed by atoms with van der Waals surface area (Å²) in [4.78, 5) is 42.7. The summed E-state index contributed by atoms with van der Waals surface area (Å²) >= 11 is 1.12. The summed E-state index contributed by atoms with van der Waals surface area (Å²) in [5.41, 5.74) is 2.95. The first-order valence-corrected chi connectivity index (χ1v) is 10.2. The summed E-state index contributed by atoms with van der Waals surface area (Å²) in [6.45, 7) is 7.46. The van der Waals surface area contributed by atoms with Crippen LogP contribution in [0.15, 0.2) is 29.3 Å². The SMILES string of the molecule is CCOC(=O)c1sc2ncn(CC(=O)Nc3c(C)cccc3CC)c(=O)c2c1C. The van der Waals surface area contributed by atoms with E-state index in [1.54, 1.807) is 13.8 Å². The zero-order valence-electron chi connectivity index (χ0n) is 16.9. The molecule has 3 aromatic rings. The third kappa shape index (κ3) is 4.07. The highest BCUT2D eigenvalue weighted by Crippen LogP contribution is 2.27. The minimum absolute atomic E-state index is 0.163. The van der Waals surface area contributed by atoms with E-state index in [2.05, 4.69) is 10.3 Å². The molecule has 0 aliphatic rings. The second-order valence-electron chi connectivity index (χ2n) is 6.65. The molecule has 8 heteroatoms. The first kappa shape index (κ1) is 20.7. The van der Waals surface area contributed by atoms with Crippen molar-refractivity contribution in [1.29, 1.82) is 0 Å². The number of nitrogens with one attached hydrogen (secondary N) is 1. The number of hydrogen-bond acceptors (Lipinski definition) is 6. The molecule has 29 heavy (non-hydrogen) atoms. The van der Waals surface area contributed by atoms with Crippen LogP contribution in [-0.2, 0) is 22.5 Å². The minimum atomic E-state index is -0.469. The van der Waals surface area contributed by atoms with Crippen molar-refractivity contribution in [1.82, 2.24) is 9.55 Å². The smallest absolute Gasteiger partial charge is 0.348 e. The van der Waals surface area contributed by atoms with Crippen molar-refractivity contribution in [3.8, 4) is 0 Å². The molecular weight excluding hydrogens is 390 g/mol. The highest BCUT2D eigenvalue weighted by Gasteiger charge is 2.21. The average molecular weight is 413 g/mol. The Morgan fingerprint density at radius 1 is 1.24 bits per heavy atom. The molecule has 1 N–H and O–H groups in total. The van der Waals surface area contributed by atoms with Gasteiger partial charge in [-0.05, 0) is 43.9 Å². The van der Waals surface area contributed by atoms with Crippen LogP contribution in [0.25, 0.3) is 10.2 Å². The Balaban J connectivity index is 1.90. The largest absolute Gasteiger partial charge is 0.462 e. The second-order valence-corrected chi connectivity index (χ2v) is 7.64. The number of amides is 1. The Morgan fingerprint density at radius 2 is 2.00 bits per heavy atom. The van der Waals surface area contributed by atoms with Gasteiger partial charge in [-0.1, -0.05) is 25.1 Å². The molecule has 0 unspecified atom stereocenters. The normalized spacial score (nSPS) is 10.9. The molecule has 0 aliphatic carbocycles. The fourth-order valence-electron chi connectivity index (χ4n) is 3.20. The Bertz CT molecular complexity index is 1150. The molecule has 0 radical (unpaired) electrons. The van der Waals surface area contributed by atoms with Crippen LogP contribution >= 0.6 is 11.3 Å². The van der Waals surface area contributed by atoms with Crippen molar-refractivity contribution in [3.63, 3.8) is 0 Å². The Morgan fingerprint density at radius 3 is 2.69 bits per heavy atom. The standard InChI is InChI=1S/C21H23N3O4S/c1-5-14-9-7-8-12(3)17(14)23-15(25)10-24-11-22-19-16(20(24)26)13(4)18(29-19)21(27)28-6-2/h7-9,11H,5-6,10H2,1-4H3,(H,23,25). The van der Waals surface area contributed by atoms with Crippen molar-refractivity contribution in [2.45, 2.75) is 40.7 Å². The number of carbonyl (C=O) groups excluding carboxylic acids is 2. The topological polar surface area (TPSA) is 90.3 Å². The van der Waals surface area contributed by atoms with Gasteiger partial charge in [0, 0.05) is 5.69 Å². The predicted octanol–water partition coefficient (Wildman–Crippen LogP) is 3.45. The summed E-state index contributed by atoms with van der Waals surface area (Å²) in [5.74, 6) is -0.779. The van der Waals surface area contributed by atoms with Gasteiger partial charge < -0.3 is 10.1 Å². The van der Waals surface area contributed by atoms with Crippen molar-refractivity contribution >= 4 is 39.1 Å². The van der Waals surface area contributed by atoms with Gasteiger partial charge in [-0.2, -0.15) is 0 Å². The zero-order chi connectivity index (χ0) is 21.1. The lowest BCUT2D eigenvalue weighted by Crippen LogP contribution is -2.28. The number of hydrogen-bond donors (Lipinski definition) is 1. The summed E-state index contributed by atoms with van der Waals surface area (Å²) in [5, 5.41) is 3.26. The van der Waals surface area contributed by atoms with Crippen LogP contribution in [0, 0.1) is 13.8 Å². The minimum Gasteiger partial charge on any atom is -0.462 e. The third-order valence-electron chi connectivity index (χ3n) is 4.70. The Kier molecular flexibility index (Phi) is 6.12. The number of anilines is 1. The van der Waals surface area contributed by atoms with E-state index in [4.69, 9.17) is 4.74 Å². The van der Waals surface area contributed by atoms with Gasteiger partial charge in [-0.3, -0.25) is 14.2 Å². The quantitative estimate of drug-likeness (QED) is 0.625. The average Bonchev–Trinajstić information content (AvgIpc) is 3.03. The van der Waals surface area contributed by atoms with Crippen LogP contribution in [0.5, 0.6) is 0 Å². The second kappa shape index (κ2) is 8.57. The molecule has 0 aliphatic heterocycles. The number of ether oxygens (including phenoxy) is 1. The van der Waals surface area contributed by atoms with Crippen LogP contribution in [-0.4, -0.2) is 28.0 Å². The van der Waals surface area contributed by atoms with Gasteiger partial charge in [-0.25, -0.2) is 9.78 Å². The first-order valence-electron chi connectivity index (χ1n) is 9.41. The summed E-state index contributed by atoms with van der Waals surface area (Å²) in [7, 11) is 0. The van der Waals surface area contributed by atoms with Gasteiger partial charge in [-0.15, -0.1) is 11.3 Å². The van der Waals surface area contributed by atoms with Gasteiger partial charge in [0.2, 0.25) is 5.91 Å². The number of rotatable bonds is 6. The molecule has 0 saturated heterocycles. The van der Waals surface area contributed by atoms with E-state index in [0.717, 1.165) is 34.6 Å². The molecule has 1 aromatic carbocycles. The maximum atomic E-state index is 12.9. The third-order valence-corrected chi connectivity index (χ3v) is 5.88. The molecule has 2 heterocycles. The maximum Gasteiger partial charge on any atom is 0.348 e. The molecular formula is C21H23N3O4S. The lowest BCUT2D eigenvalue weighted by molar-refractivity contribution is -0.116. The van der Waals surface area contributed by atoms with E-state index in [1.165, 1.54) is 10.9 Å². The van der Waals surface area contributed by atoms with Crippen LogP contribution in [0.1, 0.15) is 40.2 Å². The van der Waals surface area contributed by atoms with E-state index in [0.29, 0.717) is 20.7 Å². The first-order chi connectivity index (χ1) is 13.9. The van der Waals surface area contributed by atoms with Gasteiger partial charge in [0.1, 0.15) is 16.3 Å². The Labute approximate surface area is 172 Å². The number of aromatic nitrogens is 2. The van der Waals surface area contributed by atoms with Gasteiger partial charge in [0.05, 0.1) is 18.3 Å². The van der Waals surface area contributed by atoms with Crippen LogP contribution in [0.3, 0.4) is 0 Å². The Hall–Kier alpha value is -3.00. The summed E-state index contributed by atoms with van der Waals surface area (Å²) in [6, 6.07) is 5.85. The molecule has 0 saturated carbocycles. The lowest BCUT2D eigenvalue weighted by Gasteiger charge is -2.13. The molecule has 0 spiro atoms. The number of nitrogens with zero attached hydrogens (tertiary/aromatic N) is 2. The van der Waals surface area contributed by atoms with Crippen molar-refractivity contribution in [2.75, 3.05) is 11.9 Å². The molecule has 2 aromatic heterocycles. The number of esters is 1. The van der Waals surface area contributed by atoms with Crippen LogP contribution in [0.2, 0.25) is 0 Å². The molecule has 7 nitrogen and oxygen atoms in total. The van der Waals surface area contributed by atoms with Crippen LogP contribution in [0.4, 0.5) is 5.69 Å². The van der Waals surface area contributed by atoms with E-state index < -0.39 is 5.97 Å². The molecule has 152 valence electrons. The highest BCUT2D eigenvalue weighted by molar-refractivity contribution is 7.20. The molecule has 0 fully saturated rings. The van der Waals surface area contributed by atoms with Gasteiger partial charge >= 0.3 is 5.97 Å². The maximum absolute atomic E-state index is 12.9. The van der Waals surface area contributed by atoms with Crippen molar-refractivity contribution in [2.24, 2.45) is 0 Å². The molecule has 3 rings (SSSR count). The lowest BCUT2D eigenvalue weighted by atomic mass is 10.1. The van der Waals surface area contributed by atoms with E-state index in [9.17, 15) is 14.4 Å². The molecule has 0 bridgehead atoms. The van der Waals surface area contributed by atoms with Gasteiger partial charge in [0.25, 0.3) is 5.56 Å².